The van der Waals surface area contributed by atoms with Crippen LogP contribution in [0.15, 0.2) is 0 Å². The van der Waals surface area contributed by atoms with Gasteiger partial charge in [0.1, 0.15) is 0 Å². The third-order valence-electron chi connectivity index (χ3n) is 1.93. The van der Waals surface area contributed by atoms with Crippen molar-refractivity contribution in [3.05, 3.63) is 0 Å². The lowest BCUT2D eigenvalue weighted by atomic mass is 10.6. The van der Waals surface area contributed by atoms with Crippen molar-refractivity contribution in [2.24, 2.45) is 0 Å². The zero-order valence-corrected chi connectivity index (χ0v) is 10.7. The molecule has 0 atom stereocenters. The lowest BCUT2D eigenvalue weighted by Gasteiger charge is -2.27. The molecule has 4 heteroatoms. The van der Waals surface area contributed by atoms with E-state index in [1.807, 2.05) is 7.05 Å². The first-order valence-electron chi connectivity index (χ1n) is 4.99. The maximum Gasteiger partial charge on any atom is 0.200 e. The third kappa shape index (κ3) is 7.19. The largest absolute Gasteiger partial charge is 0.416 e. The van der Waals surface area contributed by atoms with Crippen LogP contribution in [0.2, 0.25) is 13.1 Å². The Bertz CT molecular complexity index is 131. The molecule has 0 aliphatic rings. The minimum Gasteiger partial charge on any atom is -0.416 e. The molecule has 0 unspecified atom stereocenters. The molecule has 0 saturated carbocycles. The van der Waals surface area contributed by atoms with Crippen molar-refractivity contribution in [3.63, 3.8) is 0 Å². The minimum absolute atomic E-state index is 0.846. The number of hydrogen-bond donors (Lipinski definition) is 1. The molecule has 0 aliphatic heterocycles. The number of rotatable bonds is 7. The van der Waals surface area contributed by atoms with Gasteiger partial charge in [0.2, 0.25) is 0 Å². The van der Waals surface area contributed by atoms with Gasteiger partial charge in [0.05, 0.1) is 0 Å². The average molecular weight is 204 g/mol. The molecule has 0 spiro atoms. The van der Waals surface area contributed by atoms with E-state index in [4.69, 9.17) is 4.43 Å². The maximum absolute atomic E-state index is 5.76. The molecular weight excluding hydrogens is 180 g/mol. The van der Waals surface area contributed by atoms with Crippen LogP contribution in [-0.4, -0.2) is 53.2 Å². The Morgan fingerprint density at radius 3 is 2.46 bits per heavy atom. The molecule has 0 heterocycles. The van der Waals surface area contributed by atoms with E-state index in [1.165, 1.54) is 0 Å². The van der Waals surface area contributed by atoms with Gasteiger partial charge < -0.3 is 14.6 Å². The first-order chi connectivity index (χ1) is 6.02. The second kappa shape index (κ2) is 6.54. The Balaban J connectivity index is 3.68. The van der Waals surface area contributed by atoms with Gasteiger partial charge in [-0.25, -0.2) is 0 Å². The molecule has 0 saturated heterocycles. The smallest absolute Gasteiger partial charge is 0.200 e. The number of likely N-dealkylation sites (N-methyl/N-ethyl adjacent to an activating group) is 2. The van der Waals surface area contributed by atoms with Crippen molar-refractivity contribution < 1.29 is 4.43 Å². The summed E-state index contributed by atoms with van der Waals surface area (Å²) >= 11 is 0. The third-order valence-corrected chi connectivity index (χ3v) is 4.30. The molecule has 0 bridgehead atoms. The highest BCUT2D eigenvalue weighted by Crippen LogP contribution is 2.05. The lowest BCUT2D eigenvalue weighted by Crippen LogP contribution is -2.45. The van der Waals surface area contributed by atoms with E-state index in [9.17, 15) is 0 Å². The van der Waals surface area contributed by atoms with E-state index < -0.39 is 8.32 Å². The van der Waals surface area contributed by atoms with E-state index in [1.54, 1.807) is 0 Å². The molecule has 80 valence electrons. The molecule has 3 nitrogen and oxygen atoms in total. The molecule has 0 radical (unpaired) electrons. The topological polar surface area (TPSA) is 24.5 Å². The molecule has 0 aromatic carbocycles. The molecule has 0 amide bonds. The highest BCUT2D eigenvalue weighted by atomic mass is 28.4. The van der Waals surface area contributed by atoms with E-state index in [2.05, 4.69) is 37.3 Å². The van der Waals surface area contributed by atoms with Gasteiger partial charge in [0, 0.05) is 25.9 Å². The van der Waals surface area contributed by atoms with Crippen molar-refractivity contribution in [2.45, 2.75) is 20.0 Å². The molecular formula is C9H24N2OSi. The molecule has 0 aromatic heterocycles. The fourth-order valence-corrected chi connectivity index (χ4v) is 3.80. The Kier molecular flexibility index (Phi) is 6.58. The highest BCUT2D eigenvalue weighted by Gasteiger charge is 2.23. The van der Waals surface area contributed by atoms with E-state index >= 15 is 0 Å². The second-order valence-electron chi connectivity index (χ2n) is 4.03. The zero-order valence-electron chi connectivity index (χ0n) is 9.68. The normalized spacial score (nSPS) is 12.5. The van der Waals surface area contributed by atoms with Gasteiger partial charge in [0.25, 0.3) is 0 Å². The van der Waals surface area contributed by atoms with E-state index in [0.29, 0.717) is 0 Å². The summed E-state index contributed by atoms with van der Waals surface area (Å²) in [6.45, 7) is 9.60. The number of hydrogen-bond acceptors (Lipinski definition) is 3. The molecule has 0 aliphatic carbocycles. The summed E-state index contributed by atoms with van der Waals surface area (Å²) in [5.74, 6) is 0. The van der Waals surface area contributed by atoms with Gasteiger partial charge in [-0.3, -0.25) is 0 Å². The van der Waals surface area contributed by atoms with Crippen LogP contribution in [0.3, 0.4) is 0 Å². The van der Waals surface area contributed by atoms with Gasteiger partial charge in [-0.05, 0) is 34.1 Å². The maximum atomic E-state index is 5.76. The Hall–Kier alpha value is 0.0969. The van der Waals surface area contributed by atoms with Crippen LogP contribution in [0.25, 0.3) is 0 Å². The zero-order chi connectivity index (χ0) is 10.3. The first-order valence-corrected chi connectivity index (χ1v) is 8.10. The Labute approximate surface area is 83.6 Å². The van der Waals surface area contributed by atoms with Crippen LogP contribution < -0.4 is 5.32 Å². The van der Waals surface area contributed by atoms with Crippen LogP contribution in [-0.2, 0) is 4.43 Å². The van der Waals surface area contributed by atoms with Crippen molar-refractivity contribution in [1.29, 1.82) is 0 Å². The molecule has 0 aromatic rings. The van der Waals surface area contributed by atoms with Crippen LogP contribution in [0.4, 0.5) is 0 Å². The number of nitrogens with zero attached hydrogens (tertiary/aromatic N) is 1. The molecule has 0 rings (SSSR count). The summed E-state index contributed by atoms with van der Waals surface area (Å²) in [5.41, 5.74) is 0. The predicted octanol–water partition coefficient (Wildman–Crippen LogP) is 0.918. The van der Waals surface area contributed by atoms with Crippen LogP contribution in [0.1, 0.15) is 6.92 Å². The van der Waals surface area contributed by atoms with Crippen molar-refractivity contribution in [2.75, 3.05) is 40.0 Å². The van der Waals surface area contributed by atoms with Gasteiger partial charge in [-0.1, -0.05) is 0 Å². The SMILES string of the molecule is CCO[Si](C)(C)CN(C)CCNC. The summed E-state index contributed by atoms with van der Waals surface area (Å²) in [7, 11) is 2.72. The first kappa shape index (κ1) is 13.1. The summed E-state index contributed by atoms with van der Waals surface area (Å²) in [5, 5.41) is 3.15. The fourth-order valence-electron chi connectivity index (χ4n) is 1.47. The summed E-state index contributed by atoms with van der Waals surface area (Å²) in [4.78, 5) is 2.35. The van der Waals surface area contributed by atoms with Crippen LogP contribution >= 0.6 is 0 Å². The van der Waals surface area contributed by atoms with Crippen LogP contribution in [0, 0.1) is 0 Å². The van der Waals surface area contributed by atoms with E-state index in [0.717, 1.165) is 25.9 Å². The lowest BCUT2D eigenvalue weighted by molar-refractivity contribution is 0.295. The Morgan fingerprint density at radius 2 is 2.00 bits per heavy atom. The quantitative estimate of drug-likeness (QED) is 0.624. The van der Waals surface area contributed by atoms with Gasteiger partial charge in [0.15, 0.2) is 8.32 Å². The second-order valence-corrected chi connectivity index (χ2v) is 8.16. The van der Waals surface area contributed by atoms with Crippen molar-refractivity contribution >= 4 is 8.32 Å². The van der Waals surface area contributed by atoms with Gasteiger partial charge >= 0.3 is 0 Å². The molecule has 1 N–H and O–H groups in total. The molecule has 0 fully saturated rings. The van der Waals surface area contributed by atoms with Crippen molar-refractivity contribution in [1.82, 2.24) is 10.2 Å². The standard InChI is InChI=1S/C9H24N2OSi/c1-6-12-13(4,5)9-11(3)8-7-10-2/h10H,6-9H2,1-5H3. The average Bonchev–Trinajstić information content (AvgIpc) is 1.99. The number of nitrogens with one attached hydrogen (secondary N) is 1. The molecule has 13 heavy (non-hydrogen) atoms. The Morgan fingerprint density at radius 1 is 1.38 bits per heavy atom. The minimum atomic E-state index is -1.42. The summed E-state index contributed by atoms with van der Waals surface area (Å²) < 4.78 is 5.76. The predicted molar refractivity (Wildman–Crippen MR) is 60.5 cm³/mol. The van der Waals surface area contributed by atoms with Gasteiger partial charge in [-0.15, -0.1) is 0 Å². The fraction of sp³-hybridized carbons (Fsp3) is 1.00. The van der Waals surface area contributed by atoms with E-state index in [-0.39, 0.29) is 0 Å². The monoisotopic (exact) mass is 204 g/mol. The highest BCUT2D eigenvalue weighted by molar-refractivity contribution is 6.71. The van der Waals surface area contributed by atoms with Crippen molar-refractivity contribution in [3.8, 4) is 0 Å². The van der Waals surface area contributed by atoms with Crippen LogP contribution in [0.5, 0.6) is 0 Å². The summed E-state index contributed by atoms with van der Waals surface area (Å²) in [6.07, 6.45) is 1.11. The van der Waals surface area contributed by atoms with Gasteiger partial charge in [-0.2, -0.15) is 0 Å². The summed E-state index contributed by atoms with van der Waals surface area (Å²) in [6, 6.07) is 0.